The van der Waals surface area contributed by atoms with Crippen molar-refractivity contribution in [3.63, 3.8) is 0 Å². The van der Waals surface area contributed by atoms with Crippen LogP contribution in [0.3, 0.4) is 0 Å². The third kappa shape index (κ3) is 4.00. The Morgan fingerprint density at radius 1 is 1.19 bits per heavy atom. The van der Waals surface area contributed by atoms with E-state index in [1.807, 2.05) is 26.0 Å². The quantitative estimate of drug-likeness (QED) is 0.838. The number of carbonyl (C=O) groups excluding carboxylic acids is 3. The summed E-state index contributed by atoms with van der Waals surface area (Å²) in [5.74, 6) is -0.907. The average Bonchev–Trinajstić information content (AvgIpc) is 2.86. The number of rotatable bonds is 4. The highest BCUT2D eigenvalue weighted by atomic mass is 32.2. The predicted molar refractivity (Wildman–Crippen MR) is 101 cm³/mol. The molecule has 1 saturated heterocycles. The van der Waals surface area contributed by atoms with Crippen molar-refractivity contribution in [2.24, 2.45) is 0 Å². The Bertz CT molecular complexity index is 910. The van der Waals surface area contributed by atoms with Crippen molar-refractivity contribution in [2.45, 2.75) is 13.8 Å². The highest BCUT2D eigenvalue weighted by Crippen LogP contribution is 2.31. The second kappa shape index (κ2) is 7.53. The third-order valence-corrected chi connectivity index (χ3v) is 4.84. The SMILES string of the molecule is Cc1ccc(NC(=O)CN2C(=O)S/C(=C\c3ccccn3)C2=O)cc1C. The van der Waals surface area contributed by atoms with Gasteiger partial charge in [-0.3, -0.25) is 24.3 Å². The van der Waals surface area contributed by atoms with Gasteiger partial charge in [0.05, 0.1) is 10.6 Å². The maximum absolute atomic E-state index is 12.4. The standard InChI is InChI=1S/C19H17N3O3S/c1-12-6-7-15(9-13(12)2)21-17(23)11-22-18(24)16(26-19(22)25)10-14-5-3-4-8-20-14/h3-10H,11H2,1-2H3,(H,21,23)/b16-10-. The van der Waals surface area contributed by atoms with Crippen LogP contribution in [-0.2, 0) is 9.59 Å². The number of anilines is 1. The zero-order valence-electron chi connectivity index (χ0n) is 14.4. The van der Waals surface area contributed by atoms with Gasteiger partial charge in [-0.05, 0) is 67.1 Å². The summed E-state index contributed by atoms with van der Waals surface area (Å²) >= 11 is 0.808. The lowest BCUT2D eigenvalue weighted by atomic mass is 10.1. The van der Waals surface area contributed by atoms with Crippen LogP contribution >= 0.6 is 11.8 Å². The van der Waals surface area contributed by atoms with Crippen molar-refractivity contribution in [2.75, 3.05) is 11.9 Å². The Morgan fingerprint density at radius 2 is 2.00 bits per heavy atom. The molecule has 3 rings (SSSR count). The molecule has 132 valence electrons. The van der Waals surface area contributed by atoms with Gasteiger partial charge in [-0.25, -0.2) is 0 Å². The van der Waals surface area contributed by atoms with Crippen molar-refractivity contribution in [1.82, 2.24) is 9.88 Å². The van der Waals surface area contributed by atoms with Gasteiger partial charge in [0.1, 0.15) is 6.54 Å². The Balaban J connectivity index is 1.68. The fraction of sp³-hybridized carbons (Fsp3) is 0.158. The number of amides is 3. The molecule has 1 aliphatic rings. The predicted octanol–water partition coefficient (Wildman–Crippen LogP) is 3.37. The molecule has 6 nitrogen and oxygen atoms in total. The lowest BCUT2D eigenvalue weighted by Crippen LogP contribution is -2.36. The number of benzene rings is 1. The van der Waals surface area contributed by atoms with Crippen LogP contribution in [0.2, 0.25) is 0 Å². The molecule has 1 fully saturated rings. The molecule has 1 aromatic heterocycles. The Labute approximate surface area is 155 Å². The summed E-state index contributed by atoms with van der Waals surface area (Å²) in [6, 6.07) is 10.8. The van der Waals surface area contributed by atoms with Gasteiger partial charge in [0.25, 0.3) is 11.1 Å². The second-order valence-electron chi connectivity index (χ2n) is 5.87. The first-order valence-corrected chi connectivity index (χ1v) is 8.79. The van der Waals surface area contributed by atoms with Gasteiger partial charge >= 0.3 is 0 Å². The molecule has 1 aromatic carbocycles. The van der Waals surface area contributed by atoms with Crippen LogP contribution in [0.15, 0.2) is 47.5 Å². The summed E-state index contributed by atoms with van der Waals surface area (Å²) in [6.07, 6.45) is 3.15. The van der Waals surface area contributed by atoms with Crippen LogP contribution in [0.5, 0.6) is 0 Å². The number of imide groups is 1. The van der Waals surface area contributed by atoms with E-state index in [4.69, 9.17) is 0 Å². The minimum atomic E-state index is -0.485. The summed E-state index contributed by atoms with van der Waals surface area (Å²) in [5.41, 5.74) is 3.38. The highest BCUT2D eigenvalue weighted by molar-refractivity contribution is 8.18. The summed E-state index contributed by atoms with van der Waals surface area (Å²) < 4.78 is 0. The molecule has 26 heavy (non-hydrogen) atoms. The summed E-state index contributed by atoms with van der Waals surface area (Å²) in [5, 5.41) is 2.25. The molecule has 3 amide bonds. The molecule has 2 heterocycles. The summed E-state index contributed by atoms with van der Waals surface area (Å²) in [7, 11) is 0. The third-order valence-electron chi connectivity index (χ3n) is 3.93. The number of hydrogen-bond donors (Lipinski definition) is 1. The molecule has 2 aromatic rings. The van der Waals surface area contributed by atoms with Crippen LogP contribution < -0.4 is 5.32 Å². The number of nitrogens with zero attached hydrogens (tertiary/aromatic N) is 2. The monoisotopic (exact) mass is 367 g/mol. The van der Waals surface area contributed by atoms with Gasteiger partial charge in [-0.15, -0.1) is 0 Å². The lowest BCUT2D eigenvalue weighted by molar-refractivity contribution is -0.127. The Kier molecular flexibility index (Phi) is 5.18. The van der Waals surface area contributed by atoms with Gasteiger partial charge in [-0.2, -0.15) is 0 Å². The van der Waals surface area contributed by atoms with E-state index in [1.54, 1.807) is 36.5 Å². The molecule has 0 atom stereocenters. The first kappa shape index (κ1) is 17.9. The number of nitrogens with one attached hydrogen (secondary N) is 1. The molecule has 0 bridgehead atoms. The van der Waals surface area contributed by atoms with Gasteiger partial charge in [-0.1, -0.05) is 12.1 Å². The largest absolute Gasteiger partial charge is 0.325 e. The van der Waals surface area contributed by atoms with E-state index in [0.29, 0.717) is 11.4 Å². The van der Waals surface area contributed by atoms with Crippen molar-refractivity contribution < 1.29 is 14.4 Å². The zero-order valence-corrected chi connectivity index (χ0v) is 15.2. The number of hydrogen-bond acceptors (Lipinski definition) is 5. The summed E-state index contributed by atoms with van der Waals surface area (Å²) in [4.78, 5) is 42.0. The van der Waals surface area contributed by atoms with E-state index in [-0.39, 0.29) is 11.4 Å². The number of aromatic nitrogens is 1. The fourth-order valence-corrected chi connectivity index (χ4v) is 3.22. The van der Waals surface area contributed by atoms with E-state index in [1.165, 1.54) is 0 Å². The van der Waals surface area contributed by atoms with E-state index in [9.17, 15) is 14.4 Å². The van der Waals surface area contributed by atoms with E-state index < -0.39 is 17.1 Å². The smallest absolute Gasteiger partial charge is 0.294 e. The van der Waals surface area contributed by atoms with Crippen LogP contribution in [-0.4, -0.2) is 33.5 Å². The molecule has 0 aliphatic carbocycles. The van der Waals surface area contributed by atoms with E-state index in [2.05, 4.69) is 10.3 Å². The molecule has 0 saturated carbocycles. The zero-order chi connectivity index (χ0) is 18.7. The maximum atomic E-state index is 12.4. The van der Waals surface area contributed by atoms with E-state index in [0.717, 1.165) is 27.8 Å². The fourth-order valence-electron chi connectivity index (χ4n) is 2.40. The molecule has 0 spiro atoms. The van der Waals surface area contributed by atoms with Gasteiger partial charge in [0.15, 0.2) is 0 Å². The van der Waals surface area contributed by atoms with Gasteiger partial charge in [0.2, 0.25) is 5.91 Å². The van der Waals surface area contributed by atoms with Crippen molar-refractivity contribution in [3.8, 4) is 0 Å². The number of aryl methyl sites for hydroxylation is 2. The van der Waals surface area contributed by atoms with Crippen molar-refractivity contribution in [3.05, 3.63) is 64.3 Å². The number of thioether (sulfide) groups is 1. The summed E-state index contributed by atoms with van der Waals surface area (Å²) in [6.45, 7) is 3.61. The van der Waals surface area contributed by atoms with Gasteiger partial charge < -0.3 is 5.32 Å². The Hall–Kier alpha value is -2.93. The topological polar surface area (TPSA) is 79.4 Å². The number of carbonyl (C=O) groups is 3. The first-order chi connectivity index (χ1) is 12.4. The molecule has 0 radical (unpaired) electrons. The van der Waals surface area contributed by atoms with Crippen LogP contribution in [0, 0.1) is 13.8 Å². The van der Waals surface area contributed by atoms with Crippen LogP contribution in [0.4, 0.5) is 10.5 Å². The van der Waals surface area contributed by atoms with E-state index >= 15 is 0 Å². The molecule has 1 aliphatic heterocycles. The normalized spacial score (nSPS) is 15.6. The highest BCUT2D eigenvalue weighted by Gasteiger charge is 2.36. The molecular weight excluding hydrogens is 350 g/mol. The number of pyridine rings is 1. The minimum absolute atomic E-state index is 0.257. The van der Waals surface area contributed by atoms with Crippen LogP contribution in [0.1, 0.15) is 16.8 Å². The molecule has 1 N–H and O–H groups in total. The van der Waals surface area contributed by atoms with Crippen LogP contribution in [0.25, 0.3) is 6.08 Å². The molecular formula is C19H17N3O3S. The van der Waals surface area contributed by atoms with Gasteiger partial charge in [0, 0.05) is 11.9 Å². The second-order valence-corrected chi connectivity index (χ2v) is 6.86. The van der Waals surface area contributed by atoms with Crippen molar-refractivity contribution in [1.29, 1.82) is 0 Å². The first-order valence-electron chi connectivity index (χ1n) is 7.97. The lowest BCUT2D eigenvalue weighted by Gasteiger charge is -2.13. The molecule has 0 unspecified atom stereocenters. The maximum Gasteiger partial charge on any atom is 0.294 e. The Morgan fingerprint density at radius 3 is 2.69 bits per heavy atom. The minimum Gasteiger partial charge on any atom is -0.325 e. The average molecular weight is 367 g/mol. The van der Waals surface area contributed by atoms with Crippen molar-refractivity contribution >= 4 is 40.6 Å². The molecule has 7 heteroatoms.